The van der Waals surface area contributed by atoms with Crippen molar-refractivity contribution in [2.45, 2.75) is 6.10 Å². The maximum absolute atomic E-state index is 11.1. The number of carbonyl (C=O) groups is 1. The molecule has 2 aromatic rings. The predicted octanol–water partition coefficient (Wildman–Crippen LogP) is -0.645. The van der Waals surface area contributed by atoms with E-state index in [2.05, 4.69) is 30.3 Å². The molecule has 2 aliphatic rings. The van der Waals surface area contributed by atoms with Crippen LogP contribution in [-0.2, 0) is 4.74 Å². The third-order valence-corrected chi connectivity index (χ3v) is 4.10. The van der Waals surface area contributed by atoms with E-state index in [1.54, 1.807) is 12.5 Å². The lowest BCUT2D eigenvalue weighted by Crippen LogP contribution is -2.49. The Labute approximate surface area is 126 Å². The molecule has 2 aromatic heterocycles. The zero-order valence-corrected chi connectivity index (χ0v) is 12.1. The largest absolute Gasteiger partial charge is 0.443 e. The van der Waals surface area contributed by atoms with Gasteiger partial charge >= 0.3 is 6.09 Å². The van der Waals surface area contributed by atoms with Crippen LogP contribution in [0.3, 0.4) is 0 Å². The molecule has 1 atom stereocenters. The average Bonchev–Trinajstić information content (AvgIpc) is 3.16. The van der Waals surface area contributed by atoms with Gasteiger partial charge in [-0.2, -0.15) is 0 Å². The van der Waals surface area contributed by atoms with Crippen LogP contribution >= 0.6 is 0 Å². The Kier molecular flexibility index (Phi) is 3.26. The molecule has 0 saturated carbocycles. The monoisotopic (exact) mass is 303 g/mol. The van der Waals surface area contributed by atoms with E-state index < -0.39 is 0 Å². The second kappa shape index (κ2) is 5.41. The van der Waals surface area contributed by atoms with Crippen LogP contribution < -0.4 is 10.2 Å². The molecule has 1 unspecified atom stereocenters. The summed E-state index contributed by atoms with van der Waals surface area (Å²) in [5.41, 5.74) is 0. The maximum Gasteiger partial charge on any atom is 0.407 e. The van der Waals surface area contributed by atoms with Crippen LogP contribution in [0.25, 0.3) is 5.78 Å². The van der Waals surface area contributed by atoms with Gasteiger partial charge in [-0.05, 0) is 6.07 Å². The molecule has 1 N–H and O–H groups in total. The van der Waals surface area contributed by atoms with Crippen molar-refractivity contribution in [3.05, 3.63) is 18.6 Å². The van der Waals surface area contributed by atoms with E-state index in [4.69, 9.17) is 4.74 Å². The number of aromatic nitrogens is 4. The number of alkyl carbamates (subject to hydrolysis) is 1. The standard InChI is InChI=1S/C13H17N7O2/c21-13-15-7-10(22-13)8-18-3-5-19(6-4-18)11-1-2-14-12-17-16-9-20(11)12/h1-2,9-10H,3-8H2,(H,15,21). The molecule has 116 valence electrons. The molecule has 2 fully saturated rings. The van der Waals surface area contributed by atoms with Crippen LogP contribution in [0.5, 0.6) is 0 Å². The van der Waals surface area contributed by atoms with Crippen LogP contribution in [-0.4, -0.2) is 75.9 Å². The number of fused-ring (bicyclic) bond motifs is 1. The van der Waals surface area contributed by atoms with Gasteiger partial charge in [-0.25, -0.2) is 9.78 Å². The van der Waals surface area contributed by atoms with E-state index in [-0.39, 0.29) is 12.2 Å². The highest BCUT2D eigenvalue weighted by Gasteiger charge is 2.27. The molecule has 4 rings (SSSR count). The first-order valence-corrected chi connectivity index (χ1v) is 7.36. The Hall–Kier alpha value is -2.42. The number of hydrogen-bond acceptors (Lipinski definition) is 7. The third-order valence-electron chi connectivity index (χ3n) is 4.10. The van der Waals surface area contributed by atoms with Gasteiger partial charge in [-0.1, -0.05) is 0 Å². The van der Waals surface area contributed by atoms with Gasteiger partial charge < -0.3 is 15.0 Å². The minimum atomic E-state index is -0.310. The number of nitrogens with one attached hydrogen (secondary N) is 1. The van der Waals surface area contributed by atoms with Gasteiger partial charge in [0.05, 0.1) is 6.54 Å². The van der Waals surface area contributed by atoms with Crippen molar-refractivity contribution >= 4 is 17.7 Å². The predicted molar refractivity (Wildman–Crippen MR) is 77.7 cm³/mol. The fourth-order valence-corrected chi connectivity index (χ4v) is 2.97. The lowest BCUT2D eigenvalue weighted by molar-refractivity contribution is 0.106. The quantitative estimate of drug-likeness (QED) is 0.806. The molecule has 0 aromatic carbocycles. The number of hydrogen-bond donors (Lipinski definition) is 1. The molecule has 9 nitrogen and oxygen atoms in total. The molecule has 22 heavy (non-hydrogen) atoms. The van der Waals surface area contributed by atoms with Gasteiger partial charge in [-0.3, -0.25) is 9.30 Å². The second-order valence-electron chi connectivity index (χ2n) is 5.50. The number of piperazine rings is 1. The second-order valence-corrected chi connectivity index (χ2v) is 5.50. The Morgan fingerprint density at radius 1 is 1.32 bits per heavy atom. The first-order chi connectivity index (χ1) is 10.8. The van der Waals surface area contributed by atoms with Gasteiger partial charge in [0, 0.05) is 38.9 Å². The summed E-state index contributed by atoms with van der Waals surface area (Å²) >= 11 is 0. The number of rotatable bonds is 3. The minimum Gasteiger partial charge on any atom is -0.443 e. The molecule has 1 amide bonds. The smallest absolute Gasteiger partial charge is 0.407 e. The molecule has 0 radical (unpaired) electrons. The summed E-state index contributed by atoms with van der Waals surface area (Å²) in [6, 6.07) is 1.98. The van der Waals surface area contributed by atoms with Gasteiger partial charge in [0.1, 0.15) is 18.2 Å². The maximum atomic E-state index is 11.1. The number of nitrogens with zero attached hydrogens (tertiary/aromatic N) is 6. The molecule has 0 bridgehead atoms. The van der Waals surface area contributed by atoms with Crippen molar-refractivity contribution in [3.63, 3.8) is 0 Å². The first kappa shape index (κ1) is 13.3. The van der Waals surface area contributed by atoms with E-state index in [0.717, 1.165) is 38.5 Å². The number of anilines is 1. The SMILES string of the molecule is O=C1NCC(CN2CCN(c3ccnc4nncn34)CC2)O1. The van der Waals surface area contributed by atoms with Crippen LogP contribution in [0.15, 0.2) is 18.6 Å². The van der Waals surface area contributed by atoms with Crippen molar-refractivity contribution in [2.24, 2.45) is 0 Å². The number of carbonyl (C=O) groups excluding carboxylic acids is 1. The highest BCUT2D eigenvalue weighted by molar-refractivity contribution is 5.69. The van der Waals surface area contributed by atoms with Crippen LogP contribution in [0.4, 0.5) is 10.6 Å². The molecule has 4 heterocycles. The number of cyclic esters (lactones) is 1. The average molecular weight is 303 g/mol. The fraction of sp³-hybridized carbons (Fsp3) is 0.538. The van der Waals surface area contributed by atoms with Crippen LogP contribution in [0.1, 0.15) is 0 Å². The summed E-state index contributed by atoms with van der Waals surface area (Å²) in [6.45, 7) is 5.06. The third kappa shape index (κ3) is 2.43. The highest BCUT2D eigenvalue weighted by atomic mass is 16.6. The van der Waals surface area contributed by atoms with Crippen LogP contribution in [0.2, 0.25) is 0 Å². The summed E-state index contributed by atoms with van der Waals surface area (Å²) in [4.78, 5) is 19.9. The van der Waals surface area contributed by atoms with E-state index in [1.165, 1.54) is 0 Å². The molecule has 2 saturated heterocycles. The van der Waals surface area contributed by atoms with Crippen molar-refractivity contribution in [3.8, 4) is 0 Å². The molecular formula is C13H17N7O2. The molecule has 2 aliphatic heterocycles. The summed E-state index contributed by atoms with van der Waals surface area (Å²) in [6.07, 6.45) is 3.10. The lowest BCUT2D eigenvalue weighted by atomic mass is 10.2. The molecule has 0 spiro atoms. The normalized spacial score (nSPS) is 22.8. The zero-order valence-electron chi connectivity index (χ0n) is 12.1. The van der Waals surface area contributed by atoms with Crippen molar-refractivity contribution in [2.75, 3.05) is 44.2 Å². The summed E-state index contributed by atoms with van der Waals surface area (Å²) < 4.78 is 7.09. The van der Waals surface area contributed by atoms with Gasteiger partial charge in [0.2, 0.25) is 0 Å². The van der Waals surface area contributed by atoms with Crippen LogP contribution in [0, 0.1) is 0 Å². The summed E-state index contributed by atoms with van der Waals surface area (Å²) in [7, 11) is 0. The highest BCUT2D eigenvalue weighted by Crippen LogP contribution is 2.17. The van der Waals surface area contributed by atoms with E-state index in [1.807, 2.05) is 10.5 Å². The topological polar surface area (TPSA) is 87.9 Å². The van der Waals surface area contributed by atoms with Crippen molar-refractivity contribution in [1.82, 2.24) is 29.8 Å². The fourth-order valence-electron chi connectivity index (χ4n) is 2.97. The zero-order chi connectivity index (χ0) is 14.9. The Morgan fingerprint density at radius 2 is 2.18 bits per heavy atom. The van der Waals surface area contributed by atoms with Crippen molar-refractivity contribution < 1.29 is 9.53 Å². The van der Waals surface area contributed by atoms with E-state index >= 15 is 0 Å². The number of ether oxygens (including phenoxy) is 1. The van der Waals surface area contributed by atoms with Gasteiger partial charge in [-0.15, -0.1) is 10.2 Å². The Balaban J connectivity index is 1.39. The molecule has 9 heteroatoms. The van der Waals surface area contributed by atoms with Gasteiger partial charge in [0.15, 0.2) is 0 Å². The summed E-state index contributed by atoms with van der Waals surface area (Å²) in [5.74, 6) is 1.67. The summed E-state index contributed by atoms with van der Waals surface area (Å²) in [5, 5.41) is 10.6. The lowest BCUT2D eigenvalue weighted by Gasteiger charge is -2.36. The van der Waals surface area contributed by atoms with E-state index in [0.29, 0.717) is 12.3 Å². The van der Waals surface area contributed by atoms with Gasteiger partial charge in [0.25, 0.3) is 5.78 Å². The molecular weight excluding hydrogens is 286 g/mol. The Bertz CT molecular complexity index is 680. The molecule has 0 aliphatic carbocycles. The Morgan fingerprint density at radius 3 is 2.95 bits per heavy atom. The van der Waals surface area contributed by atoms with E-state index in [9.17, 15) is 4.79 Å². The number of amides is 1. The minimum absolute atomic E-state index is 0.0375. The van der Waals surface area contributed by atoms with Crippen molar-refractivity contribution in [1.29, 1.82) is 0 Å². The first-order valence-electron chi connectivity index (χ1n) is 7.36.